The van der Waals surface area contributed by atoms with Crippen LogP contribution < -0.4 is 0 Å². The van der Waals surface area contributed by atoms with Crippen LogP contribution in [0.1, 0.15) is 38.4 Å². The van der Waals surface area contributed by atoms with E-state index in [1.54, 1.807) is 6.26 Å². The summed E-state index contributed by atoms with van der Waals surface area (Å²) in [4.78, 5) is 13.3. The molecule has 1 aliphatic rings. The Kier molecular flexibility index (Phi) is 5.02. The fourth-order valence-corrected chi connectivity index (χ4v) is 2.89. The fraction of sp³-hybridized carbons (Fsp3) is 0.667. The highest BCUT2D eigenvalue weighted by Crippen LogP contribution is 2.29. The minimum absolute atomic E-state index is 0.114. The van der Waals surface area contributed by atoms with Gasteiger partial charge in [-0.25, -0.2) is 0 Å². The van der Waals surface area contributed by atoms with Crippen molar-refractivity contribution in [2.45, 2.75) is 39.2 Å². The van der Waals surface area contributed by atoms with Gasteiger partial charge in [0.1, 0.15) is 5.76 Å². The van der Waals surface area contributed by atoms with Gasteiger partial charge in [-0.15, -0.1) is 0 Å². The zero-order valence-corrected chi connectivity index (χ0v) is 11.5. The number of carboxylic acids is 1. The van der Waals surface area contributed by atoms with Crippen molar-refractivity contribution in [3.63, 3.8) is 0 Å². The second-order valence-electron chi connectivity index (χ2n) is 5.46. The highest BCUT2D eigenvalue weighted by atomic mass is 16.4. The summed E-state index contributed by atoms with van der Waals surface area (Å²) in [6.07, 6.45) is 5.44. The number of carboxylic acid groups (broad SMARTS) is 1. The van der Waals surface area contributed by atoms with Crippen LogP contribution in [0.5, 0.6) is 0 Å². The van der Waals surface area contributed by atoms with Gasteiger partial charge in [0.2, 0.25) is 0 Å². The first kappa shape index (κ1) is 14.1. The molecule has 0 bridgehead atoms. The first-order valence-electron chi connectivity index (χ1n) is 7.16. The zero-order valence-electron chi connectivity index (χ0n) is 11.5. The summed E-state index contributed by atoms with van der Waals surface area (Å²) in [5.41, 5.74) is 0. The lowest BCUT2D eigenvalue weighted by Crippen LogP contribution is -2.32. The predicted molar refractivity (Wildman–Crippen MR) is 72.7 cm³/mol. The van der Waals surface area contributed by atoms with E-state index in [9.17, 15) is 4.79 Å². The molecule has 0 amide bonds. The van der Waals surface area contributed by atoms with E-state index in [0.29, 0.717) is 5.92 Å². The van der Waals surface area contributed by atoms with Crippen LogP contribution in [-0.4, -0.2) is 29.1 Å². The Morgan fingerprint density at radius 3 is 2.68 bits per heavy atom. The normalized spacial score (nSPS) is 23.7. The van der Waals surface area contributed by atoms with E-state index >= 15 is 0 Å². The van der Waals surface area contributed by atoms with Gasteiger partial charge in [0.05, 0.1) is 18.7 Å². The topological polar surface area (TPSA) is 53.7 Å². The Morgan fingerprint density at radius 2 is 2.16 bits per heavy atom. The van der Waals surface area contributed by atoms with Crippen LogP contribution in [0.2, 0.25) is 0 Å². The van der Waals surface area contributed by atoms with Crippen molar-refractivity contribution in [1.29, 1.82) is 0 Å². The van der Waals surface area contributed by atoms with Crippen molar-refractivity contribution < 1.29 is 14.3 Å². The zero-order chi connectivity index (χ0) is 13.7. The molecule has 1 aromatic heterocycles. The number of nitrogens with zero attached hydrogens (tertiary/aromatic N) is 1. The van der Waals surface area contributed by atoms with Crippen LogP contribution >= 0.6 is 0 Å². The van der Waals surface area contributed by atoms with Crippen LogP contribution in [0, 0.1) is 11.8 Å². The van der Waals surface area contributed by atoms with Crippen LogP contribution in [0.15, 0.2) is 22.8 Å². The van der Waals surface area contributed by atoms with E-state index in [0.717, 1.165) is 51.1 Å². The summed E-state index contributed by atoms with van der Waals surface area (Å²) in [7, 11) is 0. The maximum absolute atomic E-state index is 10.9. The number of hydrogen-bond acceptors (Lipinski definition) is 3. The lowest BCUT2D eigenvalue weighted by molar-refractivity contribution is -0.143. The monoisotopic (exact) mass is 265 g/mol. The highest BCUT2D eigenvalue weighted by Gasteiger charge is 2.26. The third kappa shape index (κ3) is 4.10. The molecular formula is C15H23NO3. The molecule has 0 spiro atoms. The van der Waals surface area contributed by atoms with Gasteiger partial charge >= 0.3 is 5.97 Å². The van der Waals surface area contributed by atoms with Gasteiger partial charge in [-0.2, -0.15) is 0 Å². The van der Waals surface area contributed by atoms with E-state index in [2.05, 4.69) is 11.8 Å². The van der Waals surface area contributed by atoms with Crippen molar-refractivity contribution >= 4 is 5.97 Å². The molecule has 1 heterocycles. The lowest BCUT2D eigenvalue weighted by Gasteiger charge is -2.30. The summed E-state index contributed by atoms with van der Waals surface area (Å²) < 4.78 is 5.38. The average Bonchev–Trinajstić information content (AvgIpc) is 2.91. The van der Waals surface area contributed by atoms with E-state index in [4.69, 9.17) is 9.52 Å². The van der Waals surface area contributed by atoms with Crippen LogP contribution in [0.3, 0.4) is 0 Å². The maximum Gasteiger partial charge on any atom is 0.306 e. The highest BCUT2D eigenvalue weighted by molar-refractivity contribution is 5.69. The molecule has 1 N–H and O–H groups in total. The minimum Gasteiger partial charge on any atom is -0.481 e. The third-order valence-electron chi connectivity index (χ3n) is 4.12. The second kappa shape index (κ2) is 6.75. The lowest BCUT2D eigenvalue weighted by atomic mass is 9.82. The van der Waals surface area contributed by atoms with Crippen molar-refractivity contribution in [2.24, 2.45) is 11.8 Å². The van der Waals surface area contributed by atoms with Crippen LogP contribution in [-0.2, 0) is 11.3 Å². The maximum atomic E-state index is 10.9. The molecule has 1 fully saturated rings. The summed E-state index contributed by atoms with van der Waals surface area (Å²) in [5, 5.41) is 9.00. The molecule has 0 aliphatic heterocycles. The van der Waals surface area contributed by atoms with Gasteiger partial charge in [-0.1, -0.05) is 6.92 Å². The molecule has 0 saturated heterocycles. The molecule has 1 saturated carbocycles. The Morgan fingerprint density at radius 1 is 1.42 bits per heavy atom. The minimum atomic E-state index is -0.624. The van der Waals surface area contributed by atoms with Gasteiger partial charge in [0, 0.05) is 6.54 Å². The van der Waals surface area contributed by atoms with Gasteiger partial charge in [-0.05, 0) is 50.3 Å². The Labute approximate surface area is 114 Å². The first-order chi connectivity index (χ1) is 9.19. The van der Waals surface area contributed by atoms with E-state index in [-0.39, 0.29) is 5.92 Å². The molecule has 106 valence electrons. The Hall–Kier alpha value is -1.29. The van der Waals surface area contributed by atoms with Gasteiger partial charge < -0.3 is 9.52 Å². The number of aliphatic carboxylic acids is 1. The van der Waals surface area contributed by atoms with Crippen molar-refractivity contribution in [3.05, 3.63) is 24.2 Å². The largest absolute Gasteiger partial charge is 0.481 e. The number of carbonyl (C=O) groups is 1. The standard InChI is InChI=1S/C15H23NO3/c1-2-16(11-14-4-3-9-19-14)10-12-5-7-13(8-6-12)15(17)18/h3-4,9,12-13H,2,5-8,10-11H2,1H3,(H,17,18). The van der Waals surface area contributed by atoms with Crippen molar-refractivity contribution in [1.82, 2.24) is 4.90 Å². The number of hydrogen-bond donors (Lipinski definition) is 1. The van der Waals surface area contributed by atoms with Gasteiger partial charge in [0.25, 0.3) is 0 Å². The summed E-state index contributed by atoms with van der Waals surface area (Å²) >= 11 is 0. The van der Waals surface area contributed by atoms with E-state index in [1.807, 2.05) is 12.1 Å². The van der Waals surface area contributed by atoms with Crippen LogP contribution in [0.25, 0.3) is 0 Å². The average molecular weight is 265 g/mol. The molecule has 4 nitrogen and oxygen atoms in total. The molecule has 1 aromatic rings. The predicted octanol–water partition coefficient (Wildman–Crippen LogP) is 2.99. The summed E-state index contributed by atoms with van der Waals surface area (Å²) in [5.74, 6) is 0.893. The fourth-order valence-electron chi connectivity index (χ4n) is 2.89. The van der Waals surface area contributed by atoms with Crippen molar-refractivity contribution in [3.8, 4) is 0 Å². The van der Waals surface area contributed by atoms with E-state index in [1.165, 1.54) is 0 Å². The molecule has 0 aromatic carbocycles. The summed E-state index contributed by atoms with van der Waals surface area (Å²) in [6.45, 7) is 5.05. The first-order valence-corrected chi connectivity index (χ1v) is 7.16. The van der Waals surface area contributed by atoms with Gasteiger partial charge in [-0.3, -0.25) is 9.69 Å². The molecule has 0 atom stereocenters. The smallest absolute Gasteiger partial charge is 0.306 e. The van der Waals surface area contributed by atoms with Crippen molar-refractivity contribution in [2.75, 3.05) is 13.1 Å². The van der Waals surface area contributed by atoms with Crippen LogP contribution in [0.4, 0.5) is 0 Å². The number of furan rings is 1. The second-order valence-corrected chi connectivity index (χ2v) is 5.46. The molecular weight excluding hydrogens is 242 g/mol. The molecule has 0 unspecified atom stereocenters. The summed E-state index contributed by atoms with van der Waals surface area (Å²) in [6, 6.07) is 3.92. The van der Waals surface area contributed by atoms with Gasteiger partial charge in [0.15, 0.2) is 0 Å². The quantitative estimate of drug-likeness (QED) is 0.859. The molecule has 4 heteroatoms. The third-order valence-corrected chi connectivity index (χ3v) is 4.12. The molecule has 0 radical (unpaired) electrons. The molecule has 2 rings (SSSR count). The Bertz CT molecular complexity index is 380. The Balaban J connectivity index is 1.78. The number of rotatable bonds is 6. The SMILES string of the molecule is CCN(Cc1ccco1)CC1CCC(C(=O)O)CC1. The molecule has 1 aliphatic carbocycles. The van der Waals surface area contributed by atoms with E-state index < -0.39 is 5.97 Å². The molecule has 19 heavy (non-hydrogen) atoms.